The first-order valence-corrected chi connectivity index (χ1v) is 5.18. The molecule has 2 saturated carbocycles. The van der Waals surface area contributed by atoms with Crippen LogP contribution in [0.4, 0.5) is 0 Å². The molecule has 14 heavy (non-hydrogen) atoms. The second-order valence-electron chi connectivity index (χ2n) is 4.24. The molecule has 0 spiro atoms. The van der Waals surface area contributed by atoms with Crippen molar-refractivity contribution in [1.82, 2.24) is 0 Å². The molecule has 2 aliphatic carbocycles. The Hall–Kier alpha value is -0.610. The summed E-state index contributed by atoms with van der Waals surface area (Å²) in [6.45, 7) is 2.15. The maximum atomic E-state index is 11.5. The average Bonchev–Trinajstić information content (AvgIpc) is 2.68. The fourth-order valence-electron chi connectivity index (χ4n) is 2.82. The van der Waals surface area contributed by atoms with Gasteiger partial charge in [-0.15, -0.1) is 0 Å². The summed E-state index contributed by atoms with van der Waals surface area (Å²) in [5.41, 5.74) is 0. The van der Waals surface area contributed by atoms with Gasteiger partial charge in [0, 0.05) is 5.92 Å². The fourth-order valence-corrected chi connectivity index (χ4v) is 2.82. The maximum Gasteiger partial charge on any atom is 0.309 e. The molecule has 2 bridgehead atoms. The number of carbonyl (C=O) groups is 1. The van der Waals surface area contributed by atoms with Gasteiger partial charge >= 0.3 is 5.97 Å². The summed E-state index contributed by atoms with van der Waals surface area (Å²) in [5.74, 6) is -0.414. The third-order valence-electron chi connectivity index (χ3n) is 3.51. The van der Waals surface area contributed by atoms with Gasteiger partial charge in [0.25, 0.3) is 0 Å². The fraction of sp³-hybridized carbons (Fsp3) is 0.900. The van der Waals surface area contributed by atoms with Crippen molar-refractivity contribution in [3.63, 3.8) is 0 Å². The number of esters is 1. The van der Waals surface area contributed by atoms with Crippen LogP contribution in [0.2, 0.25) is 0 Å². The lowest BCUT2D eigenvalue weighted by Gasteiger charge is -2.28. The minimum absolute atomic E-state index is 0.0874. The van der Waals surface area contributed by atoms with Gasteiger partial charge in [0.15, 0.2) is 0 Å². The van der Waals surface area contributed by atoms with E-state index in [1.54, 1.807) is 6.92 Å². The molecule has 0 aromatic carbocycles. The highest BCUT2D eigenvalue weighted by Crippen LogP contribution is 2.48. The highest BCUT2D eigenvalue weighted by Gasteiger charge is 2.54. The predicted octanol–water partition coefficient (Wildman–Crippen LogP) is -0.0727. The predicted molar refractivity (Wildman–Crippen MR) is 48.4 cm³/mol. The third kappa shape index (κ3) is 1.33. The number of aliphatic hydroxyl groups is 2. The van der Waals surface area contributed by atoms with Crippen LogP contribution in [0.5, 0.6) is 0 Å². The van der Waals surface area contributed by atoms with E-state index in [1.165, 1.54) is 0 Å². The normalized spacial score (nSPS) is 45.5. The van der Waals surface area contributed by atoms with Crippen LogP contribution in [-0.4, -0.2) is 35.0 Å². The molecule has 0 aromatic heterocycles. The molecule has 0 heterocycles. The highest BCUT2D eigenvalue weighted by molar-refractivity contribution is 5.73. The van der Waals surface area contributed by atoms with Crippen LogP contribution in [0.1, 0.15) is 19.8 Å². The summed E-state index contributed by atoms with van der Waals surface area (Å²) in [4.78, 5) is 11.5. The molecule has 5 atom stereocenters. The number of carbonyl (C=O) groups excluding carboxylic acids is 1. The van der Waals surface area contributed by atoms with E-state index in [2.05, 4.69) is 0 Å². The van der Waals surface area contributed by atoms with E-state index in [-0.39, 0.29) is 23.7 Å². The van der Waals surface area contributed by atoms with Crippen LogP contribution in [0.25, 0.3) is 0 Å². The Balaban J connectivity index is 2.02. The molecule has 2 rings (SSSR count). The van der Waals surface area contributed by atoms with Gasteiger partial charge in [0.2, 0.25) is 0 Å². The van der Waals surface area contributed by atoms with Crippen molar-refractivity contribution < 1.29 is 19.7 Å². The van der Waals surface area contributed by atoms with Gasteiger partial charge in [0.05, 0.1) is 24.7 Å². The molecule has 4 nitrogen and oxygen atoms in total. The summed E-state index contributed by atoms with van der Waals surface area (Å²) >= 11 is 0. The maximum absolute atomic E-state index is 11.5. The van der Waals surface area contributed by atoms with Crippen LogP contribution < -0.4 is 0 Å². The van der Waals surface area contributed by atoms with Crippen molar-refractivity contribution in [2.24, 2.45) is 17.8 Å². The molecule has 0 aromatic rings. The van der Waals surface area contributed by atoms with E-state index in [1.807, 2.05) is 0 Å². The quantitative estimate of drug-likeness (QED) is 0.612. The van der Waals surface area contributed by atoms with Gasteiger partial charge in [0.1, 0.15) is 0 Å². The van der Waals surface area contributed by atoms with Gasteiger partial charge in [-0.25, -0.2) is 0 Å². The molecule has 2 fully saturated rings. The first kappa shape index (κ1) is 9.93. The summed E-state index contributed by atoms with van der Waals surface area (Å²) in [5, 5.41) is 19.1. The average molecular weight is 200 g/mol. The molecule has 0 saturated heterocycles. The summed E-state index contributed by atoms with van der Waals surface area (Å²) in [6.07, 6.45) is 0.0573. The minimum Gasteiger partial charge on any atom is -0.466 e. The molecule has 80 valence electrons. The van der Waals surface area contributed by atoms with Crippen LogP contribution in [-0.2, 0) is 9.53 Å². The van der Waals surface area contributed by atoms with Gasteiger partial charge in [-0.05, 0) is 25.7 Å². The Labute approximate surface area is 82.9 Å². The summed E-state index contributed by atoms with van der Waals surface area (Å²) in [6, 6.07) is 0. The van der Waals surface area contributed by atoms with E-state index in [4.69, 9.17) is 4.74 Å². The van der Waals surface area contributed by atoms with E-state index in [9.17, 15) is 15.0 Å². The lowest BCUT2D eigenvalue weighted by Crippen LogP contribution is -2.39. The topological polar surface area (TPSA) is 66.8 Å². The largest absolute Gasteiger partial charge is 0.466 e. The van der Waals surface area contributed by atoms with Gasteiger partial charge in [-0.1, -0.05) is 0 Å². The molecule has 2 N–H and O–H groups in total. The number of hydrogen-bond acceptors (Lipinski definition) is 4. The molecular weight excluding hydrogens is 184 g/mol. The molecule has 0 radical (unpaired) electrons. The first-order chi connectivity index (χ1) is 6.65. The van der Waals surface area contributed by atoms with Crippen molar-refractivity contribution in [2.75, 3.05) is 6.61 Å². The van der Waals surface area contributed by atoms with E-state index >= 15 is 0 Å². The van der Waals surface area contributed by atoms with Crippen LogP contribution in [0.15, 0.2) is 0 Å². The zero-order valence-electron chi connectivity index (χ0n) is 8.22. The second-order valence-corrected chi connectivity index (χ2v) is 4.24. The lowest BCUT2D eigenvalue weighted by atomic mass is 9.85. The summed E-state index contributed by atoms with van der Waals surface area (Å²) < 4.78 is 4.93. The van der Waals surface area contributed by atoms with Crippen molar-refractivity contribution in [2.45, 2.75) is 32.0 Å². The Morgan fingerprint density at radius 2 is 2.07 bits per heavy atom. The number of fused-ring (bicyclic) bond motifs is 2. The molecule has 4 heteroatoms. The van der Waals surface area contributed by atoms with E-state index in [0.717, 1.165) is 6.42 Å². The Morgan fingerprint density at radius 1 is 1.36 bits per heavy atom. The van der Waals surface area contributed by atoms with Crippen LogP contribution in [0, 0.1) is 17.8 Å². The molecule has 2 aliphatic rings. The second kappa shape index (κ2) is 3.51. The zero-order valence-corrected chi connectivity index (χ0v) is 8.22. The molecular formula is C10H16O4. The van der Waals surface area contributed by atoms with Crippen molar-refractivity contribution >= 4 is 5.97 Å². The Bertz CT molecular complexity index is 238. The van der Waals surface area contributed by atoms with Gasteiger partial charge in [-0.3, -0.25) is 4.79 Å². The first-order valence-electron chi connectivity index (χ1n) is 5.18. The van der Waals surface area contributed by atoms with Crippen LogP contribution >= 0.6 is 0 Å². The third-order valence-corrected chi connectivity index (χ3v) is 3.51. The lowest BCUT2D eigenvalue weighted by molar-refractivity contribution is -0.153. The highest BCUT2D eigenvalue weighted by atomic mass is 16.5. The standard InChI is InChI=1S/C10H16O4/c1-2-14-10(13)7-4-5-3-6(7)9(12)8(5)11/h5-9,11-12H,2-4H2,1H3/t5-,6+,7+,8?,9?/m1/s1. The van der Waals surface area contributed by atoms with Crippen molar-refractivity contribution in [1.29, 1.82) is 0 Å². The molecule has 2 unspecified atom stereocenters. The van der Waals surface area contributed by atoms with E-state index < -0.39 is 12.2 Å². The van der Waals surface area contributed by atoms with E-state index in [0.29, 0.717) is 13.0 Å². The van der Waals surface area contributed by atoms with Crippen LogP contribution in [0.3, 0.4) is 0 Å². The molecule has 0 aliphatic heterocycles. The minimum atomic E-state index is -0.733. The SMILES string of the molecule is CCOC(=O)[C@H]1C[C@H]2C[C@@H]1C(O)C2O. The van der Waals surface area contributed by atoms with Crippen molar-refractivity contribution in [3.8, 4) is 0 Å². The Kier molecular flexibility index (Phi) is 2.49. The number of ether oxygens (including phenoxy) is 1. The van der Waals surface area contributed by atoms with Gasteiger partial charge < -0.3 is 14.9 Å². The molecule has 0 amide bonds. The zero-order chi connectivity index (χ0) is 10.3. The smallest absolute Gasteiger partial charge is 0.309 e. The monoisotopic (exact) mass is 200 g/mol. The number of rotatable bonds is 2. The number of hydrogen-bond donors (Lipinski definition) is 2. The Morgan fingerprint density at radius 3 is 2.57 bits per heavy atom. The summed E-state index contributed by atoms with van der Waals surface area (Å²) in [7, 11) is 0. The number of aliphatic hydroxyl groups excluding tert-OH is 2. The van der Waals surface area contributed by atoms with Crippen molar-refractivity contribution in [3.05, 3.63) is 0 Å². The van der Waals surface area contributed by atoms with Gasteiger partial charge in [-0.2, -0.15) is 0 Å².